The summed E-state index contributed by atoms with van der Waals surface area (Å²) >= 11 is 7.84. The Hall–Kier alpha value is -3.21. The number of ether oxygens (including phenoxy) is 1. The molecule has 0 saturated carbocycles. The minimum Gasteiger partial charge on any atom is -0.494 e. The minimum atomic E-state index is -4.16. The molecule has 2 amide bonds. The number of carbonyl (C=O) groups excluding carboxylic acids is 2. The van der Waals surface area contributed by atoms with Gasteiger partial charge in [0.25, 0.3) is 10.0 Å². The van der Waals surface area contributed by atoms with E-state index < -0.39 is 34.4 Å². The molecule has 0 aromatic heterocycles. The van der Waals surface area contributed by atoms with E-state index in [1.807, 2.05) is 13.2 Å². The molecule has 1 unspecified atom stereocenters. The van der Waals surface area contributed by atoms with E-state index in [0.717, 1.165) is 9.20 Å². The van der Waals surface area contributed by atoms with Gasteiger partial charge < -0.3 is 15.0 Å². The number of rotatable bonds is 12. The highest BCUT2D eigenvalue weighted by molar-refractivity contribution is 7.98. The van der Waals surface area contributed by atoms with E-state index in [9.17, 15) is 18.0 Å². The van der Waals surface area contributed by atoms with Crippen molar-refractivity contribution in [3.8, 4) is 5.75 Å². The largest absolute Gasteiger partial charge is 0.494 e. The van der Waals surface area contributed by atoms with Crippen LogP contribution in [0.25, 0.3) is 0 Å². The van der Waals surface area contributed by atoms with Crippen molar-refractivity contribution in [2.75, 3.05) is 30.8 Å². The van der Waals surface area contributed by atoms with Crippen LogP contribution in [-0.2, 0) is 26.2 Å². The van der Waals surface area contributed by atoms with Crippen LogP contribution in [0, 0.1) is 0 Å². The maximum absolute atomic E-state index is 13.9. The van der Waals surface area contributed by atoms with Crippen LogP contribution in [0.4, 0.5) is 5.69 Å². The van der Waals surface area contributed by atoms with Crippen LogP contribution in [-0.4, -0.2) is 57.6 Å². The molecule has 3 rings (SSSR count). The van der Waals surface area contributed by atoms with Crippen LogP contribution in [0.1, 0.15) is 19.4 Å². The average molecular weight is 590 g/mol. The van der Waals surface area contributed by atoms with Gasteiger partial charge in [0.05, 0.1) is 17.2 Å². The number of anilines is 1. The van der Waals surface area contributed by atoms with Gasteiger partial charge in [-0.15, -0.1) is 11.8 Å². The summed E-state index contributed by atoms with van der Waals surface area (Å²) in [6, 6.07) is 19.1. The number of halogens is 1. The Morgan fingerprint density at radius 2 is 1.67 bits per heavy atom. The van der Waals surface area contributed by atoms with Crippen molar-refractivity contribution >= 4 is 50.9 Å². The number of sulfonamides is 1. The third-order valence-corrected chi connectivity index (χ3v) is 8.97. The first-order chi connectivity index (χ1) is 18.6. The first-order valence-corrected chi connectivity index (χ1v) is 15.3. The van der Waals surface area contributed by atoms with Crippen molar-refractivity contribution in [1.82, 2.24) is 10.2 Å². The fraction of sp³-hybridized carbons (Fsp3) is 0.286. The van der Waals surface area contributed by atoms with Crippen LogP contribution in [0.3, 0.4) is 0 Å². The Morgan fingerprint density at radius 3 is 2.23 bits per heavy atom. The highest BCUT2D eigenvalue weighted by atomic mass is 35.5. The predicted octanol–water partition coefficient (Wildman–Crippen LogP) is 4.82. The second kappa shape index (κ2) is 13.7. The van der Waals surface area contributed by atoms with Gasteiger partial charge in [-0.25, -0.2) is 8.42 Å². The first-order valence-electron chi connectivity index (χ1n) is 12.3. The van der Waals surface area contributed by atoms with E-state index in [0.29, 0.717) is 22.9 Å². The van der Waals surface area contributed by atoms with Gasteiger partial charge in [-0.2, -0.15) is 0 Å². The van der Waals surface area contributed by atoms with Crippen LogP contribution < -0.4 is 14.4 Å². The molecule has 3 aromatic carbocycles. The van der Waals surface area contributed by atoms with Crippen molar-refractivity contribution in [2.24, 2.45) is 0 Å². The molecule has 1 atom stereocenters. The molecule has 0 spiro atoms. The molecule has 0 heterocycles. The van der Waals surface area contributed by atoms with E-state index in [-0.39, 0.29) is 17.1 Å². The third-order valence-electron chi connectivity index (χ3n) is 6.07. The van der Waals surface area contributed by atoms with Crippen molar-refractivity contribution in [3.05, 3.63) is 83.4 Å². The molecule has 11 heteroatoms. The molecule has 8 nitrogen and oxygen atoms in total. The summed E-state index contributed by atoms with van der Waals surface area (Å²) in [6.07, 6.45) is 1.90. The fourth-order valence-electron chi connectivity index (χ4n) is 3.88. The third kappa shape index (κ3) is 7.46. The summed E-state index contributed by atoms with van der Waals surface area (Å²) in [7, 11) is -2.68. The van der Waals surface area contributed by atoms with Gasteiger partial charge in [-0.3, -0.25) is 13.9 Å². The monoisotopic (exact) mass is 589 g/mol. The highest BCUT2D eigenvalue weighted by Crippen LogP contribution is 2.28. The van der Waals surface area contributed by atoms with Crippen LogP contribution in [0.5, 0.6) is 5.75 Å². The van der Waals surface area contributed by atoms with E-state index in [2.05, 4.69) is 5.32 Å². The second-order valence-electron chi connectivity index (χ2n) is 8.52. The van der Waals surface area contributed by atoms with Gasteiger partial charge in [-0.05, 0) is 80.3 Å². The maximum atomic E-state index is 13.9. The summed E-state index contributed by atoms with van der Waals surface area (Å²) in [5.74, 6) is -0.384. The molecule has 1 N–H and O–H groups in total. The number of nitrogens with zero attached hydrogens (tertiary/aromatic N) is 2. The topological polar surface area (TPSA) is 96.0 Å². The molecule has 0 aliphatic heterocycles. The number of amides is 2. The lowest BCUT2D eigenvalue weighted by Gasteiger charge is -2.32. The molecule has 3 aromatic rings. The zero-order valence-electron chi connectivity index (χ0n) is 22.3. The molecule has 39 heavy (non-hydrogen) atoms. The number of hydrogen-bond donors (Lipinski definition) is 1. The van der Waals surface area contributed by atoms with Crippen molar-refractivity contribution in [1.29, 1.82) is 0 Å². The quantitative estimate of drug-likeness (QED) is 0.304. The molecule has 0 saturated heterocycles. The number of hydrogen-bond acceptors (Lipinski definition) is 6. The van der Waals surface area contributed by atoms with E-state index in [1.54, 1.807) is 67.6 Å². The summed E-state index contributed by atoms with van der Waals surface area (Å²) in [4.78, 5) is 28.7. The molecule has 0 fully saturated rings. The van der Waals surface area contributed by atoms with Crippen LogP contribution in [0.2, 0.25) is 5.02 Å². The Kier molecular flexibility index (Phi) is 10.7. The standard InChI is InChI=1S/C28H32ClN3O5S2/c1-5-37-23-12-10-22(11-13-23)32(39(35,36)25-16-14-24(38-4)15-17-25)19-27(33)31(20(2)28(34)30-3)18-21-8-6-7-9-26(21)29/h6-17,20H,5,18-19H2,1-4H3,(H,30,34). The number of likely N-dealkylation sites (N-methyl/N-ethyl adjacent to an activating group) is 1. The Morgan fingerprint density at radius 1 is 1.03 bits per heavy atom. The number of carbonyl (C=O) groups is 2. The minimum absolute atomic E-state index is 0.0205. The summed E-state index contributed by atoms with van der Waals surface area (Å²) < 4.78 is 34.3. The van der Waals surface area contributed by atoms with Crippen LogP contribution in [0.15, 0.2) is 82.6 Å². The SMILES string of the molecule is CCOc1ccc(N(CC(=O)N(Cc2ccccc2Cl)C(C)C(=O)NC)S(=O)(=O)c2ccc(SC)cc2)cc1. The smallest absolute Gasteiger partial charge is 0.264 e. The molecular formula is C28H32ClN3O5S2. The highest BCUT2D eigenvalue weighted by Gasteiger charge is 2.32. The molecule has 0 bridgehead atoms. The van der Waals surface area contributed by atoms with Gasteiger partial charge in [0.2, 0.25) is 11.8 Å². The molecule has 0 aliphatic carbocycles. The number of thioether (sulfide) groups is 1. The molecule has 0 radical (unpaired) electrons. The Labute approximate surface area is 239 Å². The van der Waals surface area contributed by atoms with E-state index >= 15 is 0 Å². The zero-order valence-corrected chi connectivity index (χ0v) is 24.6. The van der Waals surface area contributed by atoms with Gasteiger partial charge in [0.15, 0.2) is 0 Å². The Balaban J connectivity index is 2.04. The van der Waals surface area contributed by atoms with E-state index in [4.69, 9.17) is 16.3 Å². The van der Waals surface area contributed by atoms with Crippen molar-refractivity contribution < 1.29 is 22.7 Å². The number of benzene rings is 3. The first kappa shape index (κ1) is 30.3. The summed E-state index contributed by atoms with van der Waals surface area (Å²) in [5, 5.41) is 2.99. The lowest BCUT2D eigenvalue weighted by atomic mass is 10.1. The van der Waals surface area contributed by atoms with E-state index in [1.165, 1.54) is 35.8 Å². The van der Waals surface area contributed by atoms with Crippen LogP contribution >= 0.6 is 23.4 Å². The lowest BCUT2D eigenvalue weighted by molar-refractivity contribution is -0.139. The number of nitrogens with one attached hydrogen (secondary N) is 1. The summed E-state index contributed by atoms with van der Waals surface area (Å²) in [5.41, 5.74) is 0.914. The second-order valence-corrected chi connectivity index (χ2v) is 11.7. The van der Waals surface area contributed by atoms with Crippen molar-refractivity contribution in [2.45, 2.75) is 36.2 Å². The normalized spacial score (nSPS) is 11.9. The van der Waals surface area contributed by atoms with Gasteiger partial charge in [-0.1, -0.05) is 29.8 Å². The zero-order chi connectivity index (χ0) is 28.6. The van der Waals surface area contributed by atoms with Gasteiger partial charge in [0, 0.05) is 23.5 Å². The molecule has 0 aliphatic rings. The fourth-order valence-corrected chi connectivity index (χ4v) is 5.90. The van der Waals surface area contributed by atoms with Gasteiger partial charge >= 0.3 is 0 Å². The molecular weight excluding hydrogens is 558 g/mol. The maximum Gasteiger partial charge on any atom is 0.264 e. The Bertz CT molecular complexity index is 1380. The van der Waals surface area contributed by atoms with Gasteiger partial charge in [0.1, 0.15) is 18.3 Å². The summed E-state index contributed by atoms with van der Waals surface area (Å²) in [6.45, 7) is 3.38. The van der Waals surface area contributed by atoms with Crippen molar-refractivity contribution in [3.63, 3.8) is 0 Å². The lowest BCUT2D eigenvalue weighted by Crippen LogP contribution is -2.50. The average Bonchev–Trinajstić information content (AvgIpc) is 2.95. The molecule has 208 valence electrons. The predicted molar refractivity (Wildman–Crippen MR) is 156 cm³/mol.